The Kier molecular flexibility index (Phi) is 4.96. The lowest BCUT2D eigenvalue weighted by molar-refractivity contribution is 0.0994. The highest BCUT2D eigenvalue weighted by Gasteiger charge is 2.31. The summed E-state index contributed by atoms with van der Waals surface area (Å²) in [6, 6.07) is 18.0. The zero-order valence-electron chi connectivity index (χ0n) is 14.3. The summed E-state index contributed by atoms with van der Waals surface area (Å²) in [6.07, 6.45) is 2.27. The van der Waals surface area contributed by atoms with Gasteiger partial charge in [0.25, 0.3) is 0 Å². The van der Waals surface area contributed by atoms with E-state index in [2.05, 4.69) is 30.7 Å². The first-order valence-corrected chi connectivity index (χ1v) is 10.3. The number of halogens is 1. The van der Waals surface area contributed by atoms with E-state index in [9.17, 15) is 4.79 Å². The number of hydrogen-bond acceptors (Lipinski definition) is 4. The molecule has 0 radical (unpaired) electrons. The zero-order valence-corrected chi connectivity index (χ0v) is 16.7. The fourth-order valence-electron chi connectivity index (χ4n) is 2.86. The smallest absolute Gasteiger partial charge is 0.192 e. The highest BCUT2D eigenvalue weighted by molar-refractivity contribution is 9.10. The average molecular weight is 428 g/mol. The second-order valence-corrected chi connectivity index (χ2v) is 8.63. The van der Waals surface area contributed by atoms with E-state index in [0.29, 0.717) is 6.04 Å². The van der Waals surface area contributed by atoms with Gasteiger partial charge in [-0.1, -0.05) is 70.2 Å². The number of rotatable bonds is 6. The lowest BCUT2D eigenvalue weighted by Crippen LogP contribution is -2.14. The van der Waals surface area contributed by atoms with Crippen molar-refractivity contribution in [1.29, 1.82) is 0 Å². The average Bonchev–Trinajstić information content (AvgIpc) is 3.43. The van der Waals surface area contributed by atoms with Crippen LogP contribution in [0.3, 0.4) is 0 Å². The predicted molar refractivity (Wildman–Crippen MR) is 108 cm³/mol. The number of thioether (sulfide) groups is 1. The van der Waals surface area contributed by atoms with Crippen LogP contribution in [0, 0.1) is 0 Å². The van der Waals surface area contributed by atoms with Crippen molar-refractivity contribution < 1.29 is 4.79 Å². The SMILES string of the molecule is CC(Sc1nnc(-c2ccc(Br)cc2)n1C1CC1)C(=O)c1ccccc1. The van der Waals surface area contributed by atoms with Gasteiger partial charge in [-0.05, 0) is 31.9 Å². The maximum absolute atomic E-state index is 12.7. The van der Waals surface area contributed by atoms with Crippen LogP contribution in [0.1, 0.15) is 36.2 Å². The molecule has 0 bridgehead atoms. The second kappa shape index (κ2) is 7.37. The number of benzene rings is 2. The summed E-state index contributed by atoms with van der Waals surface area (Å²) in [6.45, 7) is 1.94. The third-order valence-electron chi connectivity index (χ3n) is 4.39. The number of ketones is 1. The van der Waals surface area contributed by atoms with Gasteiger partial charge in [0.15, 0.2) is 16.8 Å². The summed E-state index contributed by atoms with van der Waals surface area (Å²) in [5.74, 6) is 0.994. The van der Waals surface area contributed by atoms with Gasteiger partial charge >= 0.3 is 0 Å². The minimum absolute atomic E-state index is 0.117. The van der Waals surface area contributed by atoms with Crippen molar-refractivity contribution in [2.75, 3.05) is 0 Å². The number of hydrogen-bond donors (Lipinski definition) is 0. The van der Waals surface area contributed by atoms with E-state index in [4.69, 9.17) is 0 Å². The quantitative estimate of drug-likeness (QED) is 0.389. The van der Waals surface area contributed by atoms with Gasteiger partial charge in [-0.15, -0.1) is 10.2 Å². The van der Waals surface area contributed by atoms with Crippen LogP contribution in [0.4, 0.5) is 0 Å². The lowest BCUT2D eigenvalue weighted by Gasteiger charge is -2.12. The Hall–Kier alpha value is -1.92. The van der Waals surface area contributed by atoms with Crippen molar-refractivity contribution in [2.24, 2.45) is 0 Å². The summed E-state index contributed by atoms with van der Waals surface area (Å²) in [4.78, 5) is 12.7. The van der Waals surface area contributed by atoms with E-state index in [1.54, 1.807) is 0 Å². The molecule has 1 aromatic heterocycles. The fourth-order valence-corrected chi connectivity index (χ4v) is 4.12. The molecular weight excluding hydrogens is 410 g/mol. The normalized spacial score (nSPS) is 15.0. The number of nitrogens with zero attached hydrogens (tertiary/aromatic N) is 3. The molecule has 1 saturated carbocycles. The molecule has 1 aliphatic carbocycles. The van der Waals surface area contributed by atoms with Crippen LogP contribution in [0.5, 0.6) is 0 Å². The topological polar surface area (TPSA) is 47.8 Å². The predicted octanol–water partition coefficient (Wildman–Crippen LogP) is 5.41. The van der Waals surface area contributed by atoms with Gasteiger partial charge < -0.3 is 0 Å². The molecule has 0 aliphatic heterocycles. The molecule has 6 heteroatoms. The largest absolute Gasteiger partial charge is 0.299 e. The first-order valence-electron chi connectivity index (χ1n) is 8.60. The maximum Gasteiger partial charge on any atom is 0.192 e. The van der Waals surface area contributed by atoms with E-state index in [0.717, 1.165) is 39.4 Å². The molecule has 1 aliphatic rings. The Labute approximate surface area is 165 Å². The minimum atomic E-state index is -0.211. The van der Waals surface area contributed by atoms with Gasteiger partial charge in [0.2, 0.25) is 0 Å². The van der Waals surface area contributed by atoms with Gasteiger partial charge in [0.1, 0.15) is 0 Å². The van der Waals surface area contributed by atoms with Crippen LogP contribution in [-0.2, 0) is 0 Å². The molecule has 0 saturated heterocycles. The second-order valence-electron chi connectivity index (χ2n) is 6.40. The number of carbonyl (C=O) groups excluding carboxylic acids is 1. The van der Waals surface area contributed by atoms with Crippen LogP contribution >= 0.6 is 27.7 Å². The first-order chi connectivity index (χ1) is 12.6. The van der Waals surface area contributed by atoms with Gasteiger partial charge in [-0.2, -0.15) is 0 Å². The van der Waals surface area contributed by atoms with Crippen molar-refractivity contribution in [3.8, 4) is 11.4 Å². The minimum Gasteiger partial charge on any atom is -0.299 e. The first kappa shape index (κ1) is 17.5. The lowest BCUT2D eigenvalue weighted by atomic mass is 10.1. The van der Waals surface area contributed by atoms with Crippen LogP contribution < -0.4 is 0 Å². The summed E-state index contributed by atoms with van der Waals surface area (Å²) in [5.41, 5.74) is 1.78. The molecule has 2 aromatic carbocycles. The van der Waals surface area contributed by atoms with Gasteiger partial charge in [-0.3, -0.25) is 9.36 Å². The third-order valence-corrected chi connectivity index (χ3v) is 5.97. The monoisotopic (exact) mass is 427 g/mol. The van der Waals surface area contributed by atoms with Gasteiger partial charge in [0.05, 0.1) is 5.25 Å². The molecule has 1 atom stereocenters. The maximum atomic E-state index is 12.7. The summed E-state index contributed by atoms with van der Waals surface area (Å²) >= 11 is 4.96. The van der Waals surface area contributed by atoms with Gasteiger partial charge in [-0.25, -0.2) is 0 Å². The molecule has 0 N–H and O–H groups in total. The molecule has 0 amide bonds. The summed E-state index contributed by atoms with van der Waals surface area (Å²) < 4.78 is 3.23. The van der Waals surface area contributed by atoms with Crippen LogP contribution in [-0.4, -0.2) is 25.8 Å². The molecule has 26 heavy (non-hydrogen) atoms. The highest BCUT2D eigenvalue weighted by Crippen LogP contribution is 2.42. The summed E-state index contributed by atoms with van der Waals surface area (Å²) in [7, 11) is 0. The zero-order chi connectivity index (χ0) is 18.1. The van der Waals surface area contributed by atoms with Crippen molar-refractivity contribution in [1.82, 2.24) is 14.8 Å². The summed E-state index contributed by atoms with van der Waals surface area (Å²) in [5, 5.41) is 9.44. The molecule has 4 rings (SSSR count). The standard InChI is InChI=1S/C20H18BrN3OS/c1-13(18(25)14-5-3-2-4-6-14)26-20-23-22-19(24(20)17-11-12-17)15-7-9-16(21)10-8-15/h2-10,13,17H,11-12H2,1H3. The van der Waals surface area contributed by atoms with Crippen LogP contribution in [0.2, 0.25) is 0 Å². The molecule has 0 spiro atoms. The van der Waals surface area contributed by atoms with Gasteiger partial charge in [0, 0.05) is 21.6 Å². The molecule has 1 fully saturated rings. The fraction of sp³-hybridized carbons (Fsp3) is 0.250. The molecule has 1 unspecified atom stereocenters. The van der Waals surface area contributed by atoms with Crippen molar-refractivity contribution in [3.63, 3.8) is 0 Å². The molecular formula is C20H18BrN3OS. The Bertz CT molecular complexity index is 920. The van der Waals surface area contributed by atoms with E-state index < -0.39 is 0 Å². The molecule has 3 aromatic rings. The van der Waals surface area contributed by atoms with E-state index in [1.165, 1.54) is 11.8 Å². The van der Waals surface area contributed by atoms with Crippen LogP contribution in [0.25, 0.3) is 11.4 Å². The Morgan fingerprint density at radius 1 is 1.12 bits per heavy atom. The number of Topliss-reactive ketones (excluding diaryl/α,β-unsaturated/α-hetero) is 1. The Morgan fingerprint density at radius 3 is 2.46 bits per heavy atom. The third kappa shape index (κ3) is 3.62. The Balaban J connectivity index is 1.61. The molecule has 1 heterocycles. The molecule has 4 nitrogen and oxygen atoms in total. The Morgan fingerprint density at radius 2 is 1.81 bits per heavy atom. The van der Waals surface area contributed by atoms with E-state index in [1.807, 2.05) is 61.5 Å². The molecule has 132 valence electrons. The number of carbonyl (C=O) groups is 1. The van der Waals surface area contributed by atoms with Crippen molar-refractivity contribution in [3.05, 3.63) is 64.6 Å². The van der Waals surface area contributed by atoms with Crippen LogP contribution in [0.15, 0.2) is 64.2 Å². The number of aromatic nitrogens is 3. The van der Waals surface area contributed by atoms with E-state index >= 15 is 0 Å². The van der Waals surface area contributed by atoms with E-state index in [-0.39, 0.29) is 11.0 Å². The highest BCUT2D eigenvalue weighted by atomic mass is 79.9. The van der Waals surface area contributed by atoms with Crippen molar-refractivity contribution in [2.45, 2.75) is 36.2 Å². The van der Waals surface area contributed by atoms with Crippen molar-refractivity contribution >= 4 is 33.5 Å².